The number of nitrogens with one attached hydrogen (secondary N) is 1. The minimum Gasteiger partial charge on any atom is -0.372 e. The number of piperidine rings is 2. The van der Waals surface area contributed by atoms with E-state index >= 15 is 0 Å². The Morgan fingerprint density at radius 1 is 1.22 bits per heavy atom. The van der Waals surface area contributed by atoms with Gasteiger partial charge in [0, 0.05) is 19.7 Å². The second-order valence-corrected chi connectivity index (χ2v) is 5.68. The maximum Gasteiger partial charge on any atom is 0.248 e. The van der Waals surface area contributed by atoms with Crippen molar-refractivity contribution in [2.75, 3.05) is 39.4 Å². The van der Waals surface area contributed by atoms with Crippen LogP contribution in [0.25, 0.3) is 0 Å². The fourth-order valence-electron chi connectivity index (χ4n) is 3.08. The van der Waals surface area contributed by atoms with Crippen LogP contribution in [-0.4, -0.2) is 50.2 Å². The summed E-state index contributed by atoms with van der Waals surface area (Å²) in [4.78, 5) is 13.9. The molecule has 1 spiro atoms. The van der Waals surface area contributed by atoms with Crippen LogP contribution in [0.1, 0.15) is 39.0 Å². The van der Waals surface area contributed by atoms with Crippen molar-refractivity contribution in [3.63, 3.8) is 0 Å². The third kappa shape index (κ3) is 3.45. The highest BCUT2D eigenvalue weighted by Gasteiger charge is 2.36. The van der Waals surface area contributed by atoms with Gasteiger partial charge in [-0.15, -0.1) is 0 Å². The van der Waals surface area contributed by atoms with Crippen LogP contribution in [0.4, 0.5) is 0 Å². The number of rotatable bonds is 4. The number of amides is 1. The summed E-state index contributed by atoms with van der Waals surface area (Å²) in [5, 5.41) is 3.42. The molecule has 1 amide bonds. The molecule has 0 saturated carbocycles. The molecule has 4 heteroatoms. The molecule has 4 nitrogen and oxygen atoms in total. The van der Waals surface area contributed by atoms with Gasteiger partial charge in [-0.05, 0) is 50.6 Å². The molecule has 0 aromatic carbocycles. The summed E-state index contributed by atoms with van der Waals surface area (Å²) in [6, 6.07) is 0. The van der Waals surface area contributed by atoms with Crippen molar-refractivity contribution in [1.82, 2.24) is 10.2 Å². The molecule has 1 N–H and O–H groups in total. The van der Waals surface area contributed by atoms with Crippen LogP contribution in [0.3, 0.4) is 0 Å². The first-order chi connectivity index (χ1) is 8.76. The lowest BCUT2D eigenvalue weighted by Gasteiger charge is -2.44. The van der Waals surface area contributed by atoms with Crippen LogP contribution >= 0.6 is 0 Å². The Labute approximate surface area is 110 Å². The van der Waals surface area contributed by atoms with Gasteiger partial charge in [0.15, 0.2) is 0 Å². The van der Waals surface area contributed by atoms with Gasteiger partial charge >= 0.3 is 0 Å². The SMILES string of the molecule is CCCOCC(=O)N1CCC2(CCNCC2)CC1. The maximum atomic E-state index is 11.9. The lowest BCUT2D eigenvalue weighted by Crippen LogP contribution is -2.48. The molecule has 0 aromatic heterocycles. The van der Waals surface area contributed by atoms with Crippen molar-refractivity contribution < 1.29 is 9.53 Å². The fourth-order valence-corrected chi connectivity index (χ4v) is 3.08. The standard InChI is InChI=1S/C14H26N2O2/c1-2-11-18-12-13(17)16-9-5-14(6-10-16)3-7-15-8-4-14/h15H,2-12H2,1H3. The van der Waals surface area contributed by atoms with Crippen LogP contribution in [0.15, 0.2) is 0 Å². The van der Waals surface area contributed by atoms with Crippen molar-refractivity contribution in [3.8, 4) is 0 Å². The highest BCUT2D eigenvalue weighted by atomic mass is 16.5. The first-order valence-corrected chi connectivity index (χ1v) is 7.32. The molecule has 0 bridgehead atoms. The molecule has 0 radical (unpaired) electrons. The van der Waals surface area contributed by atoms with E-state index in [2.05, 4.69) is 12.2 Å². The van der Waals surface area contributed by atoms with Gasteiger partial charge in [-0.25, -0.2) is 0 Å². The number of carbonyl (C=O) groups excluding carboxylic acids is 1. The van der Waals surface area contributed by atoms with E-state index in [-0.39, 0.29) is 12.5 Å². The molecule has 0 unspecified atom stereocenters. The van der Waals surface area contributed by atoms with Gasteiger partial charge in [-0.3, -0.25) is 4.79 Å². The molecule has 18 heavy (non-hydrogen) atoms. The highest BCUT2D eigenvalue weighted by molar-refractivity contribution is 5.77. The van der Waals surface area contributed by atoms with Crippen molar-refractivity contribution in [3.05, 3.63) is 0 Å². The first-order valence-electron chi connectivity index (χ1n) is 7.32. The van der Waals surface area contributed by atoms with E-state index in [1.54, 1.807) is 0 Å². The molecule has 2 heterocycles. The molecule has 2 rings (SSSR count). The maximum absolute atomic E-state index is 11.9. The molecule has 2 aliphatic rings. The highest BCUT2D eigenvalue weighted by Crippen LogP contribution is 2.39. The van der Waals surface area contributed by atoms with Crippen molar-refractivity contribution in [2.45, 2.75) is 39.0 Å². The minimum absolute atomic E-state index is 0.173. The van der Waals surface area contributed by atoms with E-state index in [0.29, 0.717) is 12.0 Å². The third-order valence-corrected chi connectivity index (χ3v) is 4.42. The zero-order valence-corrected chi connectivity index (χ0v) is 11.5. The Kier molecular flexibility index (Phi) is 5.01. The summed E-state index contributed by atoms with van der Waals surface area (Å²) < 4.78 is 5.33. The van der Waals surface area contributed by atoms with Gasteiger partial charge in [-0.1, -0.05) is 6.92 Å². The normalized spacial score (nSPS) is 23.3. The second kappa shape index (κ2) is 6.53. The molecule has 2 saturated heterocycles. The molecule has 0 aliphatic carbocycles. The average molecular weight is 254 g/mol. The van der Waals surface area contributed by atoms with Gasteiger partial charge < -0.3 is 15.0 Å². The van der Waals surface area contributed by atoms with Crippen molar-refractivity contribution in [1.29, 1.82) is 0 Å². The minimum atomic E-state index is 0.173. The summed E-state index contributed by atoms with van der Waals surface area (Å²) in [6.45, 7) is 7.16. The molecule has 104 valence electrons. The smallest absolute Gasteiger partial charge is 0.248 e. The second-order valence-electron chi connectivity index (χ2n) is 5.68. The van der Waals surface area contributed by atoms with E-state index in [1.807, 2.05) is 4.90 Å². The summed E-state index contributed by atoms with van der Waals surface area (Å²) in [5.41, 5.74) is 0.520. The predicted molar refractivity (Wildman–Crippen MR) is 71.5 cm³/mol. The Morgan fingerprint density at radius 3 is 2.50 bits per heavy atom. The molecule has 2 aliphatic heterocycles. The van der Waals surface area contributed by atoms with Crippen molar-refractivity contribution >= 4 is 5.91 Å². The van der Waals surface area contributed by atoms with Crippen molar-refractivity contribution in [2.24, 2.45) is 5.41 Å². The summed E-state index contributed by atoms with van der Waals surface area (Å²) in [7, 11) is 0. The van der Waals surface area contributed by atoms with Crippen LogP contribution in [0.2, 0.25) is 0 Å². The Bertz CT molecular complexity index is 265. The average Bonchev–Trinajstić information content (AvgIpc) is 2.41. The van der Waals surface area contributed by atoms with Crippen LogP contribution in [0.5, 0.6) is 0 Å². The largest absolute Gasteiger partial charge is 0.372 e. The number of ether oxygens (including phenoxy) is 1. The lowest BCUT2D eigenvalue weighted by atomic mass is 9.71. The zero-order chi connectivity index (χ0) is 12.8. The quantitative estimate of drug-likeness (QED) is 0.771. The van der Waals surface area contributed by atoms with E-state index in [1.165, 1.54) is 25.7 Å². The van der Waals surface area contributed by atoms with E-state index in [4.69, 9.17) is 4.74 Å². The number of nitrogens with zero attached hydrogens (tertiary/aromatic N) is 1. The molecule has 2 fully saturated rings. The van der Waals surface area contributed by atoms with Gasteiger partial charge in [0.1, 0.15) is 6.61 Å². The Morgan fingerprint density at radius 2 is 1.89 bits per heavy atom. The summed E-state index contributed by atoms with van der Waals surface area (Å²) >= 11 is 0. The van der Waals surface area contributed by atoms with Crippen LogP contribution in [-0.2, 0) is 9.53 Å². The molecule has 0 aromatic rings. The van der Waals surface area contributed by atoms with Gasteiger partial charge in [0.05, 0.1) is 0 Å². The lowest BCUT2D eigenvalue weighted by molar-refractivity contribution is -0.138. The van der Waals surface area contributed by atoms with E-state index in [0.717, 1.165) is 32.6 Å². The number of likely N-dealkylation sites (tertiary alicyclic amines) is 1. The molecule has 0 atom stereocenters. The fraction of sp³-hybridized carbons (Fsp3) is 0.929. The molecular weight excluding hydrogens is 228 g/mol. The Hall–Kier alpha value is -0.610. The monoisotopic (exact) mass is 254 g/mol. The number of hydrogen-bond donors (Lipinski definition) is 1. The Balaban J connectivity index is 1.73. The topological polar surface area (TPSA) is 41.6 Å². The molecular formula is C14H26N2O2. The predicted octanol–water partition coefficient (Wildman–Crippen LogP) is 1.41. The zero-order valence-electron chi connectivity index (χ0n) is 11.5. The number of hydrogen-bond acceptors (Lipinski definition) is 3. The summed E-state index contributed by atoms with van der Waals surface area (Å²) in [6.07, 6.45) is 5.88. The third-order valence-electron chi connectivity index (χ3n) is 4.42. The van der Waals surface area contributed by atoms with Crippen LogP contribution in [0, 0.1) is 5.41 Å². The van der Waals surface area contributed by atoms with Gasteiger partial charge in [0.25, 0.3) is 0 Å². The van der Waals surface area contributed by atoms with Gasteiger partial charge in [0.2, 0.25) is 5.91 Å². The van der Waals surface area contributed by atoms with E-state index in [9.17, 15) is 4.79 Å². The number of carbonyl (C=O) groups is 1. The first kappa shape index (κ1) is 13.8. The van der Waals surface area contributed by atoms with Crippen LogP contribution < -0.4 is 5.32 Å². The van der Waals surface area contributed by atoms with E-state index < -0.39 is 0 Å². The summed E-state index contributed by atoms with van der Waals surface area (Å²) in [5.74, 6) is 0.173. The van der Waals surface area contributed by atoms with Gasteiger partial charge in [-0.2, -0.15) is 0 Å².